The van der Waals surface area contributed by atoms with Crippen molar-refractivity contribution < 1.29 is 0 Å². The number of thiophene rings is 1. The third-order valence-corrected chi connectivity index (χ3v) is 5.69. The Labute approximate surface area is 115 Å². The number of nitrogens with zero attached hydrogens (tertiary/aromatic N) is 1. The van der Waals surface area contributed by atoms with E-state index in [9.17, 15) is 0 Å². The molecule has 2 N–H and O–H groups in total. The molecule has 0 spiro atoms. The molecule has 102 valence electrons. The molecule has 18 heavy (non-hydrogen) atoms. The van der Waals surface area contributed by atoms with Gasteiger partial charge in [0.2, 0.25) is 0 Å². The number of aryl methyl sites for hydroxylation is 1. The van der Waals surface area contributed by atoms with Crippen LogP contribution < -0.4 is 5.73 Å². The fraction of sp³-hybridized carbons (Fsp3) is 0.733. The first kappa shape index (κ1) is 14.0. The molecule has 0 aliphatic carbocycles. The lowest BCUT2D eigenvalue weighted by Gasteiger charge is -2.45. The molecule has 0 radical (unpaired) electrons. The van der Waals surface area contributed by atoms with Crippen LogP contribution in [0.5, 0.6) is 0 Å². The van der Waals surface area contributed by atoms with Crippen LogP contribution in [-0.2, 0) is 0 Å². The van der Waals surface area contributed by atoms with Crippen molar-refractivity contribution in [2.24, 2.45) is 5.73 Å². The first-order valence-electron chi connectivity index (χ1n) is 7.21. The third-order valence-electron chi connectivity index (χ3n) is 4.61. The Morgan fingerprint density at radius 2 is 1.89 bits per heavy atom. The predicted molar refractivity (Wildman–Crippen MR) is 80.1 cm³/mol. The van der Waals surface area contributed by atoms with E-state index in [-0.39, 0.29) is 11.6 Å². The Balaban J connectivity index is 2.28. The monoisotopic (exact) mass is 266 g/mol. The van der Waals surface area contributed by atoms with E-state index in [1.165, 1.54) is 35.7 Å². The number of hydrogen-bond acceptors (Lipinski definition) is 3. The van der Waals surface area contributed by atoms with Crippen LogP contribution in [0.4, 0.5) is 0 Å². The maximum absolute atomic E-state index is 6.66. The summed E-state index contributed by atoms with van der Waals surface area (Å²) in [4.78, 5) is 5.36. The summed E-state index contributed by atoms with van der Waals surface area (Å²) in [6.07, 6.45) is 4.94. The molecule has 2 rings (SSSR count). The number of rotatable bonds is 5. The summed E-state index contributed by atoms with van der Waals surface area (Å²) in [5.41, 5.74) is 6.82. The molecule has 1 saturated heterocycles. The van der Waals surface area contributed by atoms with Gasteiger partial charge in [-0.15, -0.1) is 11.3 Å². The van der Waals surface area contributed by atoms with Gasteiger partial charge in [0.1, 0.15) is 0 Å². The Morgan fingerprint density at radius 3 is 2.33 bits per heavy atom. The van der Waals surface area contributed by atoms with E-state index in [1.54, 1.807) is 0 Å². The van der Waals surface area contributed by atoms with Crippen molar-refractivity contribution in [1.29, 1.82) is 0 Å². The summed E-state index contributed by atoms with van der Waals surface area (Å²) in [6, 6.07) is 4.57. The normalized spacial score (nSPS) is 19.3. The molecular formula is C15H26N2S. The van der Waals surface area contributed by atoms with E-state index < -0.39 is 0 Å². The van der Waals surface area contributed by atoms with Gasteiger partial charge in [-0.2, -0.15) is 0 Å². The summed E-state index contributed by atoms with van der Waals surface area (Å²) in [5.74, 6) is 0. The smallest absolute Gasteiger partial charge is 0.0576 e. The molecule has 0 saturated carbocycles. The molecule has 1 aromatic heterocycles. The highest BCUT2D eigenvalue weighted by Crippen LogP contribution is 2.39. The predicted octanol–water partition coefficient (Wildman–Crippen LogP) is 3.71. The van der Waals surface area contributed by atoms with E-state index in [1.807, 2.05) is 11.3 Å². The summed E-state index contributed by atoms with van der Waals surface area (Å²) in [6.45, 7) is 9.19. The van der Waals surface area contributed by atoms with Gasteiger partial charge < -0.3 is 5.73 Å². The molecule has 0 bridgehead atoms. The van der Waals surface area contributed by atoms with Crippen molar-refractivity contribution in [2.45, 2.75) is 58.0 Å². The molecule has 1 aromatic rings. The Morgan fingerprint density at radius 1 is 1.28 bits per heavy atom. The largest absolute Gasteiger partial charge is 0.322 e. The van der Waals surface area contributed by atoms with Crippen molar-refractivity contribution in [3.8, 4) is 0 Å². The zero-order chi connectivity index (χ0) is 13.2. The standard InChI is InChI=1S/C15H26N2S/c1-4-15(5-2,17-10-6-7-11-17)14(16)13-9-8-12(3)18-13/h8-9,14H,4-7,10-11,16H2,1-3H3. The van der Waals surface area contributed by atoms with Gasteiger partial charge in [0, 0.05) is 15.3 Å². The number of likely N-dealkylation sites (tertiary alicyclic amines) is 1. The van der Waals surface area contributed by atoms with Crippen LogP contribution in [-0.4, -0.2) is 23.5 Å². The molecule has 1 fully saturated rings. The van der Waals surface area contributed by atoms with E-state index >= 15 is 0 Å². The van der Waals surface area contributed by atoms with Crippen LogP contribution in [0.25, 0.3) is 0 Å². The quantitative estimate of drug-likeness (QED) is 0.880. The molecule has 1 aliphatic heterocycles. The molecule has 1 atom stereocenters. The molecule has 0 aromatic carbocycles. The summed E-state index contributed by atoms with van der Waals surface area (Å²) in [5, 5.41) is 0. The third kappa shape index (κ3) is 2.36. The van der Waals surface area contributed by atoms with Crippen LogP contribution in [0.3, 0.4) is 0 Å². The minimum atomic E-state index is 0.157. The van der Waals surface area contributed by atoms with Crippen molar-refractivity contribution in [1.82, 2.24) is 4.90 Å². The van der Waals surface area contributed by atoms with Gasteiger partial charge in [-0.3, -0.25) is 4.90 Å². The lowest BCUT2D eigenvalue weighted by Crippen LogP contribution is -2.53. The van der Waals surface area contributed by atoms with E-state index in [0.29, 0.717) is 0 Å². The second-order valence-electron chi connectivity index (χ2n) is 5.43. The topological polar surface area (TPSA) is 29.3 Å². The highest BCUT2D eigenvalue weighted by molar-refractivity contribution is 7.12. The fourth-order valence-electron chi connectivity index (χ4n) is 3.38. The fourth-order valence-corrected chi connectivity index (χ4v) is 4.37. The van der Waals surface area contributed by atoms with Crippen molar-refractivity contribution >= 4 is 11.3 Å². The zero-order valence-corrected chi connectivity index (χ0v) is 12.7. The van der Waals surface area contributed by atoms with Crippen LogP contribution in [0.15, 0.2) is 12.1 Å². The molecule has 1 unspecified atom stereocenters. The summed E-state index contributed by atoms with van der Waals surface area (Å²) >= 11 is 1.86. The zero-order valence-electron chi connectivity index (χ0n) is 11.9. The molecule has 2 nitrogen and oxygen atoms in total. The van der Waals surface area contributed by atoms with Gasteiger partial charge in [0.25, 0.3) is 0 Å². The van der Waals surface area contributed by atoms with Gasteiger partial charge in [-0.1, -0.05) is 13.8 Å². The summed E-state index contributed by atoms with van der Waals surface area (Å²) in [7, 11) is 0. The Kier molecular flexibility index (Phi) is 4.46. The van der Waals surface area contributed by atoms with Crippen LogP contribution in [0.1, 0.15) is 55.3 Å². The first-order chi connectivity index (χ1) is 8.64. The highest BCUT2D eigenvalue weighted by Gasteiger charge is 2.41. The van der Waals surface area contributed by atoms with Crippen molar-refractivity contribution in [3.05, 3.63) is 21.9 Å². The van der Waals surface area contributed by atoms with Gasteiger partial charge in [-0.05, 0) is 57.8 Å². The first-order valence-corrected chi connectivity index (χ1v) is 8.02. The maximum Gasteiger partial charge on any atom is 0.0576 e. The second kappa shape index (κ2) is 5.72. The minimum Gasteiger partial charge on any atom is -0.322 e. The minimum absolute atomic E-state index is 0.157. The SMILES string of the molecule is CCC(CC)(C(N)c1ccc(C)s1)N1CCCC1. The molecule has 3 heteroatoms. The lowest BCUT2D eigenvalue weighted by atomic mass is 9.82. The summed E-state index contributed by atoms with van der Waals surface area (Å²) < 4.78 is 0. The van der Waals surface area contributed by atoms with E-state index in [2.05, 4.69) is 37.8 Å². The maximum atomic E-state index is 6.66. The van der Waals surface area contributed by atoms with Crippen LogP contribution in [0, 0.1) is 6.92 Å². The van der Waals surface area contributed by atoms with Crippen LogP contribution in [0.2, 0.25) is 0 Å². The van der Waals surface area contributed by atoms with E-state index in [4.69, 9.17) is 5.73 Å². The number of hydrogen-bond donors (Lipinski definition) is 1. The Hall–Kier alpha value is -0.380. The average molecular weight is 266 g/mol. The second-order valence-corrected chi connectivity index (χ2v) is 6.75. The Bertz CT molecular complexity index is 376. The lowest BCUT2D eigenvalue weighted by molar-refractivity contribution is 0.0778. The molecule has 0 amide bonds. The van der Waals surface area contributed by atoms with Gasteiger partial charge in [0.05, 0.1) is 6.04 Å². The highest BCUT2D eigenvalue weighted by atomic mass is 32.1. The number of nitrogens with two attached hydrogens (primary N) is 1. The molecule has 1 aliphatic rings. The molecule has 2 heterocycles. The van der Waals surface area contributed by atoms with E-state index in [0.717, 1.165) is 12.8 Å². The van der Waals surface area contributed by atoms with Crippen molar-refractivity contribution in [2.75, 3.05) is 13.1 Å². The van der Waals surface area contributed by atoms with Crippen molar-refractivity contribution in [3.63, 3.8) is 0 Å². The van der Waals surface area contributed by atoms with Gasteiger partial charge in [0.15, 0.2) is 0 Å². The molecular weight excluding hydrogens is 240 g/mol. The average Bonchev–Trinajstić information content (AvgIpc) is 3.03. The van der Waals surface area contributed by atoms with Crippen LogP contribution >= 0.6 is 11.3 Å². The van der Waals surface area contributed by atoms with Gasteiger partial charge >= 0.3 is 0 Å². The van der Waals surface area contributed by atoms with Gasteiger partial charge in [-0.25, -0.2) is 0 Å².